The molecule has 0 aromatic carbocycles. The van der Waals surface area contributed by atoms with Crippen molar-refractivity contribution in [2.24, 2.45) is 0 Å². The number of aliphatic carboxylic acids is 1. The molecule has 120 valence electrons. The molecule has 0 amide bonds. The number of rotatable bonds is 4. The minimum absolute atomic E-state index is 0.195. The Hall–Kier alpha value is -0.650. The molecule has 4 atom stereocenters. The van der Waals surface area contributed by atoms with E-state index in [0.717, 1.165) is 38.8 Å². The van der Waals surface area contributed by atoms with Crippen LogP contribution >= 0.6 is 0 Å². The molecule has 5 heteroatoms. The van der Waals surface area contributed by atoms with Crippen LogP contribution < -0.4 is 5.32 Å². The van der Waals surface area contributed by atoms with Crippen molar-refractivity contribution in [3.63, 3.8) is 0 Å². The number of carboxylic acid groups (broad SMARTS) is 1. The van der Waals surface area contributed by atoms with Crippen LogP contribution in [0.2, 0.25) is 0 Å². The molecule has 3 fully saturated rings. The molecule has 3 rings (SSSR count). The number of morpholine rings is 1. The van der Waals surface area contributed by atoms with Crippen molar-refractivity contribution in [2.45, 2.75) is 82.2 Å². The van der Waals surface area contributed by atoms with Gasteiger partial charge in [-0.1, -0.05) is 0 Å². The summed E-state index contributed by atoms with van der Waals surface area (Å²) >= 11 is 0. The molecule has 2 bridgehead atoms. The van der Waals surface area contributed by atoms with Crippen LogP contribution in [0.4, 0.5) is 0 Å². The van der Waals surface area contributed by atoms with Gasteiger partial charge in [-0.15, -0.1) is 0 Å². The summed E-state index contributed by atoms with van der Waals surface area (Å²) in [5, 5.41) is 13.1. The second-order valence-corrected chi connectivity index (χ2v) is 7.35. The smallest absolute Gasteiger partial charge is 0.323 e. The van der Waals surface area contributed by atoms with E-state index < -0.39 is 11.5 Å². The lowest BCUT2D eigenvalue weighted by Gasteiger charge is -2.45. The Morgan fingerprint density at radius 1 is 1.29 bits per heavy atom. The zero-order valence-corrected chi connectivity index (χ0v) is 13.2. The number of hydrogen-bond acceptors (Lipinski definition) is 4. The quantitative estimate of drug-likeness (QED) is 0.825. The van der Waals surface area contributed by atoms with Crippen molar-refractivity contribution in [3.05, 3.63) is 0 Å². The van der Waals surface area contributed by atoms with Gasteiger partial charge < -0.3 is 9.84 Å². The van der Waals surface area contributed by atoms with Crippen LogP contribution in [0.5, 0.6) is 0 Å². The summed E-state index contributed by atoms with van der Waals surface area (Å²) in [5.41, 5.74) is -0.742. The highest BCUT2D eigenvalue weighted by atomic mass is 16.5. The van der Waals surface area contributed by atoms with E-state index in [1.807, 2.05) is 13.8 Å². The number of hydrogen-bond donors (Lipinski definition) is 2. The fourth-order valence-electron chi connectivity index (χ4n) is 4.44. The van der Waals surface area contributed by atoms with Crippen LogP contribution in [0.15, 0.2) is 0 Å². The number of fused-ring (bicyclic) bond motifs is 2. The van der Waals surface area contributed by atoms with Gasteiger partial charge in [-0.05, 0) is 52.4 Å². The van der Waals surface area contributed by atoms with Gasteiger partial charge in [0.05, 0.1) is 12.2 Å². The van der Waals surface area contributed by atoms with Crippen LogP contribution in [0.25, 0.3) is 0 Å². The predicted molar refractivity (Wildman–Crippen MR) is 80.4 cm³/mol. The van der Waals surface area contributed by atoms with Crippen LogP contribution in [-0.2, 0) is 9.53 Å². The summed E-state index contributed by atoms with van der Waals surface area (Å²) in [4.78, 5) is 14.4. The third-order valence-corrected chi connectivity index (χ3v) is 5.29. The van der Waals surface area contributed by atoms with Crippen molar-refractivity contribution in [1.29, 1.82) is 0 Å². The largest absolute Gasteiger partial charge is 0.480 e. The molecule has 2 aliphatic heterocycles. The van der Waals surface area contributed by atoms with Gasteiger partial charge in [0, 0.05) is 25.2 Å². The number of carboxylic acids is 1. The molecule has 21 heavy (non-hydrogen) atoms. The van der Waals surface area contributed by atoms with Gasteiger partial charge in [0.1, 0.15) is 5.54 Å². The standard InChI is InChI=1S/C16H28N2O3/c1-11(2)17-16(15(19)20)7-3-4-12(8-16)18-9-13-5-6-14(10-18)21-13/h11-14,17H,3-10H2,1-2H3,(H,19,20). The molecule has 0 spiro atoms. The first-order chi connectivity index (χ1) is 9.98. The third kappa shape index (κ3) is 3.10. The molecule has 0 radical (unpaired) electrons. The van der Waals surface area contributed by atoms with E-state index in [9.17, 15) is 9.90 Å². The van der Waals surface area contributed by atoms with Gasteiger partial charge in [-0.3, -0.25) is 15.0 Å². The van der Waals surface area contributed by atoms with E-state index in [-0.39, 0.29) is 6.04 Å². The van der Waals surface area contributed by atoms with E-state index in [1.165, 1.54) is 12.8 Å². The van der Waals surface area contributed by atoms with Crippen molar-refractivity contribution in [3.8, 4) is 0 Å². The number of likely N-dealkylation sites (tertiary alicyclic amines) is 1. The maximum Gasteiger partial charge on any atom is 0.323 e. The number of ether oxygens (including phenoxy) is 1. The summed E-state index contributed by atoms with van der Waals surface area (Å²) in [7, 11) is 0. The lowest BCUT2D eigenvalue weighted by Crippen LogP contribution is -2.61. The number of nitrogens with zero attached hydrogens (tertiary/aromatic N) is 1. The van der Waals surface area contributed by atoms with Gasteiger partial charge >= 0.3 is 5.97 Å². The van der Waals surface area contributed by atoms with Gasteiger partial charge in [0.2, 0.25) is 0 Å². The SMILES string of the molecule is CC(C)NC1(C(=O)O)CCCC(N2CC3CCC(C2)O3)C1. The third-order valence-electron chi connectivity index (χ3n) is 5.29. The Bertz CT molecular complexity index is 389. The number of nitrogens with one attached hydrogen (secondary N) is 1. The van der Waals surface area contributed by atoms with E-state index >= 15 is 0 Å². The first-order valence-corrected chi connectivity index (χ1v) is 8.39. The van der Waals surface area contributed by atoms with Crippen molar-refractivity contribution >= 4 is 5.97 Å². The van der Waals surface area contributed by atoms with Crippen LogP contribution in [0.3, 0.4) is 0 Å². The number of carbonyl (C=O) groups is 1. The zero-order valence-electron chi connectivity index (χ0n) is 13.2. The van der Waals surface area contributed by atoms with E-state index in [4.69, 9.17) is 4.74 Å². The monoisotopic (exact) mass is 296 g/mol. The summed E-state index contributed by atoms with van der Waals surface area (Å²) in [6.07, 6.45) is 6.67. The molecule has 0 aromatic heterocycles. The summed E-state index contributed by atoms with van der Waals surface area (Å²) in [6.45, 7) is 6.03. The summed E-state index contributed by atoms with van der Waals surface area (Å²) in [5.74, 6) is -0.683. The first kappa shape index (κ1) is 15.3. The fourth-order valence-corrected chi connectivity index (χ4v) is 4.44. The molecule has 3 aliphatic rings. The van der Waals surface area contributed by atoms with Crippen molar-refractivity contribution in [2.75, 3.05) is 13.1 Å². The fraction of sp³-hybridized carbons (Fsp3) is 0.938. The van der Waals surface area contributed by atoms with Crippen LogP contribution in [0.1, 0.15) is 52.4 Å². The Kier molecular flexibility index (Phi) is 4.26. The molecule has 1 aliphatic carbocycles. The summed E-state index contributed by atoms with van der Waals surface area (Å²) < 4.78 is 5.91. The molecule has 4 unspecified atom stereocenters. The highest BCUT2D eigenvalue weighted by molar-refractivity contribution is 5.79. The Morgan fingerprint density at radius 3 is 2.52 bits per heavy atom. The van der Waals surface area contributed by atoms with Gasteiger partial charge in [0.25, 0.3) is 0 Å². The second-order valence-electron chi connectivity index (χ2n) is 7.35. The average Bonchev–Trinajstić information content (AvgIpc) is 2.77. The lowest BCUT2D eigenvalue weighted by atomic mass is 9.77. The first-order valence-electron chi connectivity index (χ1n) is 8.39. The van der Waals surface area contributed by atoms with Gasteiger partial charge in [-0.2, -0.15) is 0 Å². The van der Waals surface area contributed by atoms with Crippen LogP contribution in [0, 0.1) is 0 Å². The molecule has 1 saturated carbocycles. The second kappa shape index (κ2) is 5.86. The lowest BCUT2D eigenvalue weighted by molar-refractivity contribution is -0.148. The van der Waals surface area contributed by atoms with Crippen molar-refractivity contribution < 1.29 is 14.6 Å². The van der Waals surface area contributed by atoms with Crippen LogP contribution in [-0.4, -0.2) is 58.9 Å². The van der Waals surface area contributed by atoms with Crippen molar-refractivity contribution in [1.82, 2.24) is 10.2 Å². The minimum Gasteiger partial charge on any atom is -0.480 e. The highest BCUT2D eigenvalue weighted by Gasteiger charge is 2.46. The average molecular weight is 296 g/mol. The Morgan fingerprint density at radius 2 is 1.95 bits per heavy atom. The molecular formula is C16H28N2O3. The molecule has 2 heterocycles. The molecule has 2 N–H and O–H groups in total. The maximum atomic E-state index is 11.9. The minimum atomic E-state index is -0.742. The summed E-state index contributed by atoms with van der Waals surface area (Å²) in [6, 6.07) is 0.578. The Labute approximate surface area is 127 Å². The Balaban J connectivity index is 1.70. The molecule has 2 saturated heterocycles. The molecular weight excluding hydrogens is 268 g/mol. The maximum absolute atomic E-state index is 11.9. The zero-order chi connectivity index (χ0) is 15.0. The van der Waals surface area contributed by atoms with E-state index in [0.29, 0.717) is 18.2 Å². The van der Waals surface area contributed by atoms with Gasteiger partial charge in [0.15, 0.2) is 0 Å². The normalized spacial score (nSPS) is 40.6. The topological polar surface area (TPSA) is 61.8 Å². The van der Waals surface area contributed by atoms with E-state index in [2.05, 4.69) is 10.2 Å². The highest BCUT2D eigenvalue weighted by Crippen LogP contribution is 2.35. The molecule has 0 aromatic rings. The predicted octanol–water partition coefficient (Wildman–Crippen LogP) is 1.61. The van der Waals surface area contributed by atoms with Gasteiger partial charge in [-0.25, -0.2) is 0 Å². The molecule has 5 nitrogen and oxygen atoms in total. The van der Waals surface area contributed by atoms with E-state index in [1.54, 1.807) is 0 Å².